The summed E-state index contributed by atoms with van der Waals surface area (Å²) in [5.41, 5.74) is 2.65. The van der Waals surface area contributed by atoms with Crippen LogP contribution in [0.2, 0.25) is 0 Å². The van der Waals surface area contributed by atoms with E-state index < -0.39 is 0 Å². The summed E-state index contributed by atoms with van der Waals surface area (Å²) < 4.78 is 15.5. The summed E-state index contributed by atoms with van der Waals surface area (Å²) in [4.78, 5) is 15.5. The maximum atomic E-state index is 13.7. The van der Waals surface area contributed by atoms with Crippen molar-refractivity contribution in [1.29, 1.82) is 0 Å². The molecule has 3 aromatic rings. The molecule has 3 rings (SSSR count). The van der Waals surface area contributed by atoms with Gasteiger partial charge in [-0.3, -0.25) is 4.99 Å². The van der Waals surface area contributed by atoms with Crippen LogP contribution in [0.1, 0.15) is 5.56 Å². The number of aromatic amines is 1. The van der Waals surface area contributed by atoms with Gasteiger partial charge in [0.15, 0.2) is 11.1 Å². The Morgan fingerprint density at radius 2 is 2.16 bits per heavy atom. The molecule has 6 heteroatoms. The zero-order valence-electron chi connectivity index (χ0n) is 10.3. The second-order valence-corrected chi connectivity index (χ2v) is 4.11. The Kier molecular flexibility index (Phi) is 2.83. The van der Waals surface area contributed by atoms with Gasteiger partial charge in [0, 0.05) is 12.6 Å². The number of rotatable bonds is 2. The van der Waals surface area contributed by atoms with Crippen molar-refractivity contribution < 1.29 is 4.39 Å². The van der Waals surface area contributed by atoms with Gasteiger partial charge in [-0.25, -0.2) is 14.4 Å². The monoisotopic (exact) mass is 257 g/mol. The van der Waals surface area contributed by atoms with Crippen LogP contribution in [0.15, 0.2) is 41.9 Å². The van der Waals surface area contributed by atoms with E-state index in [-0.39, 0.29) is 5.82 Å². The van der Waals surface area contributed by atoms with E-state index in [9.17, 15) is 4.39 Å². The molecule has 1 N–H and O–H groups in total. The predicted molar refractivity (Wildman–Crippen MR) is 68.9 cm³/mol. The highest BCUT2D eigenvalue weighted by Crippen LogP contribution is 2.11. The number of halogens is 1. The van der Waals surface area contributed by atoms with E-state index in [0.29, 0.717) is 23.2 Å². The van der Waals surface area contributed by atoms with Crippen molar-refractivity contribution in [2.75, 3.05) is 7.05 Å². The first kappa shape index (κ1) is 11.6. The molecule has 0 amide bonds. The normalized spacial score (nSPS) is 12.2. The van der Waals surface area contributed by atoms with Gasteiger partial charge in [-0.15, -0.1) is 0 Å². The third-order valence-electron chi connectivity index (χ3n) is 2.94. The van der Waals surface area contributed by atoms with Crippen molar-refractivity contribution in [3.05, 3.63) is 53.8 Å². The summed E-state index contributed by atoms with van der Waals surface area (Å²) in [5.74, 6) is -0.233. The lowest BCUT2D eigenvalue weighted by Crippen LogP contribution is -2.15. The highest BCUT2D eigenvalue weighted by molar-refractivity contribution is 5.68. The quantitative estimate of drug-likeness (QED) is 0.756. The number of benzene rings is 1. The standard InChI is InChI=1S/C13H12FN5/c1-15-12-11-13(17-7-16-11)19(8-18-12)6-9-4-2-3-5-10(9)14/h2-5,7-8H,6H2,1H3,(H,16,17). The minimum atomic E-state index is -0.233. The molecule has 0 aliphatic carbocycles. The lowest BCUT2D eigenvalue weighted by Gasteiger charge is -2.07. The Morgan fingerprint density at radius 3 is 2.95 bits per heavy atom. The molecule has 0 spiro atoms. The second kappa shape index (κ2) is 4.64. The third kappa shape index (κ3) is 2.01. The van der Waals surface area contributed by atoms with Crippen LogP contribution in [-0.4, -0.2) is 26.6 Å². The fraction of sp³-hybridized carbons (Fsp3) is 0.154. The summed E-state index contributed by atoms with van der Waals surface area (Å²) in [5, 5.41) is 0. The molecule has 0 aliphatic heterocycles. The van der Waals surface area contributed by atoms with Crippen molar-refractivity contribution in [1.82, 2.24) is 19.5 Å². The van der Waals surface area contributed by atoms with E-state index in [1.807, 2.05) is 6.07 Å². The van der Waals surface area contributed by atoms with Crippen molar-refractivity contribution >= 4 is 11.2 Å². The zero-order chi connectivity index (χ0) is 13.2. The first-order chi connectivity index (χ1) is 9.29. The van der Waals surface area contributed by atoms with E-state index in [2.05, 4.69) is 19.9 Å². The Hall–Kier alpha value is -2.50. The molecular weight excluding hydrogens is 245 g/mol. The van der Waals surface area contributed by atoms with Crippen molar-refractivity contribution in [3.8, 4) is 0 Å². The van der Waals surface area contributed by atoms with E-state index in [0.717, 1.165) is 5.52 Å². The maximum Gasteiger partial charge on any atom is 0.176 e. The number of hydrogen-bond acceptors (Lipinski definition) is 3. The van der Waals surface area contributed by atoms with E-state index in [1.54, 1.807) is 36.4 Å². The van der Waals surface area contributed by atoms with Crippen molar-refractivity contribution in [2.45, 2.75) is 6.54 Å². The average molecular weight is 257 g/mol. The molecule has 2 heterocycles. The number of H-pyrrole nitrogens is 1. The topological polar surface area (TPSA) is 58.9 Å². The molecule has 96 valence electrons. The third-order valence-corrected chi connectivity index (χ3v) is 2.94. The van der Waals surface area contributed by atoms with E-state index in [4.69, 9.17) is 0 Å². The Balaban J connectivity index is 2.12. The van der Waals surface area contributed by atoms with Crippen LogP contribution in [0.25, 0.3) is 11.2 Å². The molecule has 0 saturated heterocycles. The van der Waals surface area contributed by atoms with Crippen LogP contribution in [0.4, 0.5) is 4.39 Å². The van der Waals surface area contributed by atoms with Crippen LogP contribution < -0.4 is 5.49 Å². The Morgan fingerprint density at radius 1 is 1.32 bits per heavy atom. The molecule has 0 radical (unpaired) electrons. The largest absolute Gasteiger partial charge is 0.340 e. The fourth-order valence-corrected chi connectivity index (χ4v) is 2.01. The van der Waals surface area contributed by atoms with E-state index >= 15 is 0 Å². The number of nitrogens with one attached hydrogen (secondary N) is 1. The fourth-order valence-electron chi connectivity index (χ4n) is 2.01. The van der Waals surface area contributed by atoms with Crippen LogP contribution in [-0.2, 0) is 6.54 Å². The highest BCUT2D eigenvalue weighted by atomic mass is 19.1. The SMILES string of the molecule is CN=c1ncn(Cc2ccccc2F)c2nc[nH]c12. The number of fused-ring (bicyclic) bond motifs is 1. The smallest absolute Gasteiger partial charge is 0.176 e. The predicted octanol–water partition coefficient (Wildman–Crippen LogP) is 1.48. The van der Waals surface area contributed by atoms with Gasteiger partial charge >= 0.3 is 0 Å². The van der Waals surface area contributed by atoms with Crippen LogP contribution in [0.3, 0.4) is 0 Å². The second-order valence-electron chi connectivity index (χ2n) is 4.11. The molecule has 0 saturated carbocycles. The van der Waals surface area contributed by atoms with Gasteiger partial charge in [0.25, 0.3) is 0 Å². The maximum absolute atomic E-state index is 13.7. The Labute approximate surface area is 108 Å². The average Bonchev–Trinajstić information content (AvgIpc) is 2.91. The first-order valence-corrected chi connectivity index (χ1v) is 5.84. The van der Waals surface area contributed by atoms with Crippen molar-refractivity contribution in [2.24, 2.45) is 4.99 Å². The summed E-state index contributed by atoms with van der Waals surface area (Å²) in [6, 6.07) is 6.68. The molecule has 19 heavy (non-hydrogen) atoms. The lowest BCUT2D eigenvalue weighted by molar-refractivity contribution is 0.599. The van der Waals surface area contributed by atoms with Crippen LogP contribution >= 0.6 is 0 Å². The molecule has 1 aromatic carbocycles. The van der Waals surface area contributed by atoms with Gasteiger partial charge in [-0.1, -0.05) is 18.2 Å². The van der Waals surface area contributed by atoms with Gasteiger partial charge in [-0.2, -0.15) is 0 Å². The number of imidazole rings is 1. The molecule has 0 unspecified atom stereocenters. The number of hydrogen-bond donors (Lipinski definition) is 1. The minimum absolute atomic E-state index is 0.233. The minimum Gasteiger partial charge on any atom is -0.340 e. The van der Waals surface area contributed by atoms with Gasteiger partial charge in [0.05, 0.1) is 19.2 Å². The van der Waals surface area contributed by atoms with Gasteiger partial charge in [0.2, 0.25) is 0 Å². The molecule has 2 aromatic heterocycles. The number of nitrogens with zero attached hydrogens (tertiary/aromatic N) is 4. The van der Waals surface area contributed by atoms with Gasteiger partial charge in [-0.05, 0) is 6.07 Å². The summed E-state index contributed by atoms with van der Waals surface area (Å²) >= 11 is 0. The lowest BCUT2D eigenvalue weighted by atomic mass is 10.2. The summed E-state index contributed by atoms with van der Waals surface area (Å²) in [7, 11) is 1.67. The van der Waals surface area contributed by atoms with Crippen LogP contribution in [0, 0.1) is 5.82 Å². The highest BCUT2D eigenvalue weighted by Gasteiger charge is 2.07. The Bertz CT molecular complexity index is 787. The molecule has 0 fully saturated rings. The molecule has 5 nitrogen and oxygen atoms in total. The summed E-state index contributed by atoms with van der Waals surface area (Å²) in [6.07, 6.45) is 3.21. The van der Waals surface area contributed by atoms with Crippen molar-refractivity contribution in [3.63, 3.8) is 0 Å². The molecule has 0 atom stereocenters. The zero-order valence-corrected chi connectivity index (χ0v) is 10.3. The first-order valence-electron chi connectivity index (χ1n) is 5.84. The van der Waals surface area contributed by atoms with Gasteiger partial charge in [0.1, 0.15) is 11.3 Å². The summed E-state index contributed by atoms with van der Waals surface area (Å²) in [6.45, 7) is 0.380. The molecule has 0 aliphatic rings. The molecule has 0 bridgehead atoms. The van der Waals surface area contributed by atoms with E-state index in [1.165, 1.54) is 6.07 Å². The van der Waals surface area contributed by atoms with Gasteiger partial charge < -0.3 is 9.55 Å². The number of aromatic nitrogens is 4. The van der Waals surface area contributed by atoms with Crippen LogP contribution in [0.5, 0.6) is 0 Å². The molecular formula is C13H12FN5.